The summed E-state index contributed by atoms with van der Waals surface area (Å²) in [4.78, 5) is 28.4. The molecule has 0 bridgehead atoms. The van der Waals surface area contributed by atoms with Crippen LogP contribution in [-0.4, -0.2) is 79.6 Å². The van der Waals surface area contributed by atoms with Crippen molar-refractivity contribution in [1.29, 1.82) is 0 Å². The first-order valence-corrected chi connectivity index (χ1v) is 8.01. The monoisotopic (exact) mass is 312 g/mol. The highest BCUT2D eigenvalue weighted by Crippen LogP contribution is 2.19. The summed E-state index contributed by atoms with van der Waals surface area (Å²) in [7, 11) is 0. The predicted octanol–water partition coefficient (Wildman–Crippen LogP) is -0.979. The van der Waals surface area contributed by atoms with Gasteiger partial charge in [0, 0.05) is 51.2 Å². The number of nitrogens with two attached hydrogens (primary N) is 1. The largest absolute Gasteiger partial charge is 0.379 e. The highest BCUT2D eigenvalue weighted by Gasteiger charge is 2.35. The van der Waals surface area contributed by atoms with Gasteiger partial charge in [0.05, 0.1) is 19.1 Å². The van der Waals surface area contributed by atoms with E-state index in [1.165, 1.54) is 0 Å². The molecule has 2 amide bonds. The molecule has 0 aromatic rings. The summed E-state index contributed by atoms with van der Waals surface area (Å²) in [5.74, 6) is -0.264. The molecule has 2 saturated heterocycles. The van der Waals surface area contributed by atoms with Crippen LogP contribution < -0.4 is 11.1 Å². The maximum absolute atomic E-state index is 12.2. The van der Waals surface area contributed by atoms with E-state index in [0.717, 1.165) is 32.8 Å². The third-order valence-electron chi connectivity index (χ3n) is 4.35. The van der Waals surface area contributed by atoms with Gasteiger partial charge in [0.2, 0.25) is 11.8 Å². The maximum Gasteiger partial charge on any atom is 0.225 e. The first-order chi connectivity index (χ1) is 10.4. The van der Waals surface area contributed by atoms with E-state index in [9.17, 15) is 9.59 Å². The van der Waals surface area contributed by atoms with E-state index in [1.807, 2.05) is 13.8 Å². The fraction of sp³-hybridized carbons (Fsp3) is 0.867. The molecule has 1 atom stereocenters. The van der Waals surface area contributed by atoms with E-state index in [0.29, 0.717) is 26.1 Å². The molecule has 0 saturated carbocycles. The molecule has 0 aromatic heterocycles. The molecule has 126 valence electrons. The number of morpholine rings is 1. The zero-order valence-corrected chi connectivity index (χ0v) is 13.6. The summed E-state index contributed by atoms with van der Waals surface area (Å²) in [6.07, 6.45) is 0.301. The van der Waals surface area contributed by atoms with Crippen molar-refractivity contribution in [3.63, 3.8) is 0 Å². The SMILES string of the molecule is CC(C)(CN)NC(=O)C1CC(=O)N(CCN2CCOCC2)C1. The van der Waals surface area contributed by atoms with Gasteiger partial charge in [-0.25, -0.2) is 0 Å². The zero-order chi connectivity index (χ0) is 16.2. The second kappa shape index (κ2) is 7.39. The van der Waals surface area contributed by atoms with Crippen molar-refractivity contribution in [2.45, 2.75) is 25.8 Å². The van der Waals surface area contributed by atoms with Gasteiger partial charge in [-0.2, -0.15) is 0 Å². The molecule has 0 aliphatic carbocycles. The number of amides is 2. The molecule has 2 heterocycles. The Morgan fingerprint density at radius 2 is 2.05 bits per heavy atom. The molecule has 0 aromatic carbocycles. The number of carbonyl (C=O) groups is 2. The summed E-state index contributed by atoms with van der Waals surface area (Å²) in [6, 6.07) is 0. The number of nitrogens with one attached hydrogen (secondary N) is 1. The van der Waals surface area contributed by atoms with Crippen LogP contribution in [0.1, 0.15) is 20.3 Å². The number of rotatable bonds is 6. The number of ether oxygens (including phenoxy) is 1. The van der Waals surface area contributed by atoms with E-state index in [-0.39, 0.29) is 17.7 Å². The Morgan fingerprint density at radius 1 is 1.36 bits per heavy atom. The van der Waals surface area contributed by atoms with Gasteiger partial charge in [0.1, 0.15) is 0 Å². The molecule has 2 aliphatic rings. The van der Waals surface area contributed by atoms with Crippen LogP contribution in [0, 0.1) is 5.92 Å². The summed E-state index contributed by atoms with van der Waals surface area (Å²) in [5, 5.41) is 2.92. The van der Waals surface area contributed by atoms with Crippen LogP contribution in [-0.2, 0) is 14.3 Å². The Balaban J connectivity index is 1.78. The molecular weight excluding hydrogens is 284 g/mol. The van der Waals surface area contributed by atoms with Crippen molar-refractivity contribution in [3.05, 3.63) is 0 Å². The standard InChI is InChI=1S/C15H28N4O3/c1-15(2,11-16)17-14(21)12-9-13(20)19(10-12)4-3-18-5-7-22-8-6-18/h12H,3-11,16H2,1-2H3,(H,17,21). The lowest BCUT2D eigenvalue weighted by atomic mass is 10.0. The van der Waals surface area contributed by atoms with Crippen LogP contribution in [0.4, 0.5) is 0 Å². The Hall–Kier alpha value is -1.18. The highest BCUT2D eigenvalue weighted by molar-refractivity contribution is 5.89. The van der Waals surface area contributed by atoms with E-state index in [2.05, 4.69) is 10.2 Å². The second-order valence-electron chi connectivity index (χ2n) is 6.77. The molecule has 1 unspecified atom stereocenters. The summed E-state index contributed by atoms with van der Waals surface area (Å²) < 4.78 is 5.31. The number of likely N-dealkylation sites (tertiary alicyclic amines) is 1. The van der Waals surface area contributed by atoms with Crippen LogP contribution in [0.5, 0.6) is 0 Å². The first kappa shape index (κ1) is 17.2. The zero-order valence-electron chi connectivity index (χ0n) is 13.6. The minimum atomic E-state index is -0.429. The van der Waals surface area contributed by atoms with Crippen LogP contribution >= 0.6 is 0 Å². The fourth-order valence-corrected chi connectivity index (χ4v) is 2.74. The molecular formula is C15H28N4O3. The second-order valence-corrected chi connectivity index (χ2v) is 6.77. The molecule has 0 spiro atoms. The molecule has 2 fully saturated rings. The van der Waals surface area contributed by atoms with Crippen LogP contribution in [0.25, 0.3) is 0 Å². The van der Waals surface area contributed by atoms with Crippen molar-refractivity contribution in [2.24, 2.45) is 11.7 Å². The van der Waals surface area contributed by atoms with Gasteiger partial charge >= 0.3 is 0 Å². The highest BCUT2D eigenvalue weighted by atomic mass is 16.5. The smallest absolute Gasteiger partial charge is 0.225 e. The number of nitrogens with zero attached hydrogens (tertiary/aromatic N) is 2. The van der Waals surface area contributed by atoms with Gasteiger partial charge in [0.15, 0.2) is 0 Å². The molecule has 3 N–H and O–H groups in total. The van der Waals surface area contributed by atoms with Crippen LogP contribution in [0.15, 0.2) is 0 Å². The number of carbonyl (C=O) groups excluding carboxylic acids is 2. The topological polar surface area (TPSA) is 87.9 Å². The van der Waals surface area contributed by atoms with Gasteiger partial charge in [-0.15, -0.1) is 0 Å². The molecule has 0 radical (unpaired) electrons. The Bertz CT molecular complexity index is 408. The van der Waals surface area contributed by atoms with Gasteiger partial charge in [-0.1, -0.05) is 0 Å². The van der Waals surface area contributed by atoms with Gasteiger partial charge in [-0.05, 0) is 13.8 Å². The normalized spacial score (nSPS) is 23.9. The van der Waals surface area contributed by atoms with Gasteiger partial charge < -0.3 is 20.7 Å². The van der Waals surface area contributed by atoms with Crippen LogP contribution in [0.3, 0.4) is 0 Å². The average molecular weight is 312 g/mol. The number of hydrogen-bond acceptors (Lipinski definition) is 5. The van der Waals surface area contributed by atoms with Crippen molar-refractivity contribution in [3.8, 4) is 0 Å². The fourth-order valence-electron chi connectivity index (χ4n) is 2.74. The molecule has 2 rings (SSSR count). The predicted molar refractivity (Wildman–Crippen MR) is 83.2 cm³/mol. The Labute approximate surface area is 132 Å². The van der Waals surface area contributed by atoms with Crippen molar-refractivity contribution in [1.82, 2.24) is 15.1 Å². The Morgan fingerprint density at radius 3 is 2.68 bits per heavy atom. The molecule has 22 heavy (non-hydrogen) atoms. The first-order valence-electron chi connectivity index (χ1n) is 8.01. The van der Waals surface area contributed by atoms with Crippen LogP contribution in [0.2, 0.25) is 0 Å². The van der Waals surface area contributed by atoms with Crippen molar-refractivity contribution in [2.75, 3.05) is 52.5 Å². The third kappa shape index (κ3) is 4.66. The van der Waals surface area contributed by atoms with Gasteiger partial charge in [0.25, 0.3) is 0 Å². The lowest BCUT2D eigenvalue weighted by molar-refractivity contribution is -0.129. The molecule has 7 heteroatoms. The van der Waals surface area contributed by atoms with Crippen molar-refractivity contribution >= 4 is 11.8 Å². The number of hydrogen-bond donors (Lipinski definition) is 2. The van der Waals surface area contributed by atoms with Gasteiger partial charge in [-0.3, -0.25) is 14.5 Å². The Kier molecular flexibility index (Phi) is 5.77. The van der Waals surface area contributed by atoms with E-state index in [1.54, 1.807) is 4.90 Å². The lowest BCUT2D eigenvalue weighted by Gasteiger charge is -2.29. The summed E-state index contributed by atoms with van der Waals surface area (Å²) in [5.41, 5.74) is 5.20. The summed E-state index contributed by atoms with van der Waals surface area (Å²) >= 11 is 0. The summed E-state index contributed by atoms with van der Waals surface area (Å²) in [6.45, 7) is 9.53. The minimum Gasteiger partial charge on any atom is -0.379 e. The lowest BCUT2D eigenvalue weighted by Crippen LogP contribution is -2.51. The average Bonchev–Trinajstić information content (AvgIpc) is 2.87. The molecule has 2 aliphatic heterocycles. The minimum absolute atomic E-state index is 0.0685. The maximum atomic E-state index is 12.2. The third-order valence-corrected chi connectivity index (χ3v) is 4.35. The van der Waals surface area contributed by atoms with Crippen molar-refractivity contribution < 1.29 is 14.3 Å². The van der Waals surface area contributed by atoms with E-state index >= 15 is 0 Å². The quantitative estimate of drug-likeness (QED) is 0.658. The van der Waals surface area contributed by atoms with E-state index < -0.39 is 5.54 Å². The van der Waals surface area contributed by atoms with E-state index in [4.69, 9.17) is 10.5 Å². The molecule has 7 nitrogen and oxygen atoms in total.